The van der Waals surface area contributed by atoms with E-state index in [1.54, 1.807) is 20.2 Å². The van der Waals surface area contributed by atoms with Crippen LogP contribution in [0.4, 0.5) is 5.69 Å². The number of pyridine rings is 1. The highest BCUT2D eigenvalue weighted by atomic mass is 32.1. The maximum Gasteiger partial charge on any atom is 0.266 e. The summed E-state index contributed by atoms with van der Waals surface area (Å²) in [6, 6.07) is 1.51. The minimum atomic E-state index is -0.200. The fourth-order valence-corrected chi connectivity index (χ4v) is 4.05. The minimum absolute atomic E-state index is 0.107. The topological polar surface area (TPSA) is 76.9 Å². The van der Waals surface area contributed by atoms with Gasteiger partial charge in [0.25, 0.3) is 11.5 Å². The molecule has 0 saturated heterocycles. The molecule has 0 unspecified atom stereocenters. The second-order valence-electron chi connectivity index (χ2n) is 7.89. The number of rotatable bonds is 2. The average Bonchev–Trinajstić information content (AvgIpc) is 2.89. The number of amides is 1. The van der Waals surface area contributed by atoms with Gasteiger partial charge in [-0.2, -0.15) is 0 Å². The highest BCUT2D eigenvalue weighted by molar-refractivity contribution is 7.20. The first-order valence-corrected chi connectivity index (χ1v) is 9.57. The molecule has 3 aromatic rings. The van der Waals surface area contributed by atoms with Gasteiger partial charge in [0.15, 0.2) is 0 Å². The molecule has 0 bridgehead atoms. The maximum absolute atomic E-state index is 12.9. The van der Waals surface area contributed by atoms with Crippen molar-refractivity contribution in [2.75, 3.05) is 5.32 Å². The van der Waals surface area contributed by atoms with Crippen molar-refractivity contribution >= 4 is 33.1 Å². The molecule has 1 amide bonds. The van der Waals surface area contributed by atoms with Crippen LogP contribution in [0.2, 0.25) is 0 Å². The quantitative estimate of drug-likeness (QED) is 0.728. The molecule has 0 aliphatic rings. The van der Waals surface area contributed by atoms with Gasteiger partial charge >= 0.3 is 0 Å². The molecule has 0 radical (unpaired) electrons. The van der Waals surface area contributed by atoms with Crippen LogP contribution in [-0.4, -0.2) is 20.4 Å². The normalized spacial score (nSPS) is 11.8. The molecule has 27 heavy (non-hydrogen) atoms. The van der Waals surface area contributed by atoms with E-state index in [2.05, 4.69) is 31.1 Å². The van der Waals surface area contributed by atoms with Crippen LogP contribution >= 0.6 is 11.3 Å². The minimum Gasteiger partial charge on any atom is -0.320 e. The summed E-state index contributed by atoms with van der Waals surface area (Å²) < 4.78 is 1.45. The Balaban J connectivity index is 2.05. The molecule has 0 spiro atoms. The lowest BCUT2D eigenvalue weighted by atomic mass is 9.95. The van der Waals surface area contributed by atoms with Gasteiger partial charge in [-0.15, -0.1) is 11.3 Å². The van der Waals surface area contributed by atoms with Crippen LogP contribution in [0, 0.1) is 20.8 Å². The largest absolute Gasteiger partial charge is 0.320 e. The van der Waals surface area contributed by atoms with Crippen LogP contribution < -0.4 is 10.9 Å². The van der Waals surface area contributed by atoms with Crippen LogP contribution in [-0.2, 0) is 12.5 Å². The maximum atomic E-state index is 12.9. The van der Waals surface area contributed by atoms with Gasteiger partial charge in [-0.3, -0.25) is 9.59 Å². The van der Waals surface area contributed by atoms with Crippen molar-refractivity contribution in [1.29, 1.82) is 0 Å². The summed E-state index contributed by atoms with van der Waals surface area (Å²) in [7, 11) is 1.66. The lowest BCUT2D eigenvalue weighted by Gasteiger charge is -2.16. The van der Waals surface area contributed by atoms with Crippen LogP contribution in [0.3, 0.4) is 0 Å². The fraction of sp³-hybridized carbons (Fsp3) is 0.400. The van der Waals surface area contributed by atoms with E-state index in [9.17, 15) is 9.59 Å². The Hall–Kier alpha value is -2.54. The van der Waals surface area contributed by atoms with Crippen LogP contribution in [0.5, 0.6) is 0 Å². The predicted octanol–water partition coefficient (Wildman–Crippen LogP) is 3.87. The molecule has 0 fully saturated rings. The lowest BCUT2D eigenvalue weighted by Crippen LogP contribution is -2.19. The number of nitrogens with one attached hydrogen (secondary N) is 1. The van der Waals surface area contributed by atoms with Crippen LogP contribution in [0.25, 0.3) is 10.2 Å². The van der Waals surface area contributed by atoms with Crippen molar-refractivity contribution in [2.24, 2.45) is 7.05 Å². The van der Waals surface area contributed by atoms with Gasteiger partial charge in [-0.1, -0.05) is 20.8 Å². The summed E-state index contributed by atoms with van der Waals surface area (Å²) in [4.78, 5) is 35.4. The molecule has 6 nitrogen and oxygen atoms in total. The SMILES string of the molecule is Cc1cc(=O)n(C)cc1NC(=O)c1sc2nc(C(C)(C)C)nc(C)c2c1C. The zero-order chi connectivity index (χ0) is 20.1. The molecular weight excluding hydrogens is 360 g/mol. The number of aromatic nitrogens is 3. The van der Waals surface area contributed by atoms with Crippen LogP contribution in [0.1, 0.15) is 53.1 Å². The van der Waals surface area contributed by atoms with E-state index < -0.39 is 0 Å². The van der Waals surface area contributed by atoms with E-state index >= 15 is 0 Å². The summed E-state index contributed by atoms with van der Waals surface area (Å²) in [6.45, 7) is 11.9. The Labute approximate surface area is 162 Å². The van der Waals surface area contributed by atoms with E-state index in [1.807, 2.05) is 13.8 Å². The molecule has 3 rings (SSSR count). The Morgan fingerprint density at radius 1 is 1.19 bits per heavy atom. The fourth-order valence-electron chi connectivity index (χ4n) is 2.92. The monoisotopic (exact) mass is 384 g/mol. The number of anilines is 1. The van der Waals surface area contributed by atoms with Crippen molar-refractivity contribution in [1.82, 2.24) is 14.5 Å². The first-order chi connectivity index (χ1) is 12.5. The van der Waals surface area contributed by atoms with Crippen LogP contribution in [0.15, 0.2) is 17.1 Å². The smallest absolute Gasteiger partial charge is 0.266 e. The summed E-state index contributed by atoms with van der Waals surface area (Å²) in [5, 5.41) is 3.86. The molecule has 0 aromatic carbocycles. The van der Waals surface area contributed by atoms with Gasteiger partial charge < -0.3 is 9.88 Å². The third-order valence-corrected chi connectivity index (χ3v) is 5.72. The highest BCUT2D eigenvalue weighted by Crippen LogP contribution is 2.33. The van der Waals surface area contributed by atoms with E-state index in [0.29, 0.717) is 10.6 Å². The Morgan fingerprint density at radius 3 is 2.48 bits per heavy atom. The van der Waals surface area contributed by atoms with E-state index in [-0.39, 0.29) is 16.9 Å². The van der Waals surface area contributed by atoms with Crippen molar-refractivity contribution < 1.29 is 4.79 Å². The molecule has 142 valence electrons. The van der Waals surface area contributed by atoms with E-state index in [1.165, 1.54) is 22.0 Å². The summed E-state index contributed by atoms with van der Waals surface area (Å²) >= 11 is 1.38. The van der Waals surface area contributed by atoms with Gasteiger partial charge in [0, 0.05) is 30.1 Å². The first kappa shape index (κ1) is 19.2. The second-order valence-corrected chi connectivity index (χ2v) is 8.89. The Bertz CT molecular complexity index is 1120. The standard InChI is InChI=1S/C20H24N4O2S/c1-10-8-14(25)24(7)9-13(10)22-17(26)16-11(2)15-12(3)21-19(20(4,5)6)23-18(15)27-16/h8-9H,1-7H3,(H,22,26). The molecule has 1 N–H and O–H groups in total. The number of hydrogen-bond acceptors (Lipinski definition) is 5. The second kappa shape index (κ2) is 6.56. The highest BCUT2D eigenvalue weighted by Gasteiger charge is 2.23. The first-order valence-electron chi connectivity index (χ1n) is 8.76. The van der Waals surface area contributed by atoms with Gasteiger partial charge in [-0.05, 0) is 31.9 Å². The number of carbonyl (C=O) groups excluding carboxylic acids is 1. The lowest BCUT2D eigenvalue weighted by molar-refractivity contribution is 0.103. The molecule has 0 saturated carbocycles. The van der Waals surface area contributed by atoms with Gasteiger partial charge in [0.2, 0.25) is 0 Å². The average molecular weight is 385 g/mol. The molecule has 3 aromatic heterocycles. The number of fused-ring (bicyclic) bond motifs is 1. The van der Waals surface area contributed by atoms with E-state index in [0.717, 1.165) is 32.9 Å². The van der Waals surface area contributed by atoms with Gasteiger partial charge in [0.1, 0.15) is 10.7 Å². The Morgan fingerprint density at radius 2 is 1.85 bits per heavy atom. The number of aryl methyl sites for hydroxylation is 4. The summed E-state index contributed by atoms with van der Waals surface area (Å²) in [5.74, 6) is 0.573. The third-order valence-electron chi connectivity index (χ3n) is 4.53. The van der Waals surface area contributed by atoms with Crippen molar-refractivity contribution in [3.05, 3.63) is 50.1 Å². The molecule has 0 atom stereocenters. The molecular formula is C20H24N4O2S. The van der Waals surface area contributed by atoms with Crippen molar-refractivity contribution in [3.63, 3.8) is 0 Å². The molecule has 0 aliphatic heterocycles. The van der Waals surface area contributed by atoms with Gasteiger partial charge in [0.05, 0.1) is 16.3 Å². The number of thiophene rings is 1. The van der Waals surface area contributed by atoms with Crippen molar-refractivity contribution in [2.45, 2.75) is 47.0 Å². The van der Waals surface area contributed by atoms with E-state index in [4.69, 9.17) is 4.98 Å². The number of carbonyl (C=O) groups is 1. The predicted molar refractivity (Wildman–Crippen MR) is 110 cm³/mol. The molecule has 0 aliphatic carbocycles. The Kier molecular flexibility index (Phi) is 4.67. The summed E-state index contributed by atoms with van der Waals surface area (Å²) in [5.41, 5.74) is 2.85. The molecule has 7 heteroatoms. The molecule has 3 heterocycles. The van der Waals surface area contributed by atoms with Crippen molar-refractivity contribution in [3.8, 4) is 0 Å². The van der Waals surface area contributed by atoms with Gasteiger partial charge in [-0.25, -0.2) is 9.97 Å². The third kappa shape index (κ3) is 3.51. The zero-order valence-corrected chi connectivity index (χ0v) is 17.5. The number of hydrogen-bond donors (Lipinski definition) is 1. The zero-order valence-electron chi connectivity index (χ0n) is 16.7. The summed E-state index contributed by atoms with van der Waals surface area (Å²) in [6.07, 6.45) is 1.64. The number of nitrogens with zero attached hydrogens (tertiary/aromatic N) is 3.